The molecule has 1 unspecified atom stereocenters. The van der Waals surface area contributed by atoms with Crippen molar-refractivity contribution in [3.63, 3.8) is 0 Å². The molecule has 0 radical (unpaired) electrons. The summed E-state index contributed by atoms with van der Waals surface area (Å²) in [6.07, 6.45) is -2.14. The van der Waals surface area contributed by atoms with E-state index in [2.05, 4.69) is 0 Å². The Kier molecular flexibility index (Phi) is 3.63. The van der Waals surface area contributed by atoms with Crippen molar-refractivity contribution in [2.45, 2.75) is 33.4 Å². The molecule has 0 aliphatic heterocycles. The van der Waals surface area contributed by atoms with Crippen molar-refractivity contribution in [3.05, 3.63) is 11.6 Å². The Bertz CT molecular complexity index is 144. The van der Waals surface area contributed by atoms with Gasteiger partial charge in [-0.1, -0.05) is 26.3 Å². The lowest BCUT2D eigenvalue weighted by atomic mass is 10.1. The summed E-state index contributed by atoms with van der Waals surface area (Å²) in [7, 11) is 0. The normalized spacial score (nSPS) is 16.7. The average molecular weight is 166 g/mol. The molecule has 0 fully saturated rings. The minimum Gasteiger partial charge on any atom is -0.167 e. The van der Waals surface area contributed by atoms with Crippen LogP contribution < -0.4 is 0 Å². The average Bonchev–Trinajstić information content (AvgIpc) is 1.85. The highest BCUT2D eigenvalue weighted by Crippen LogP contribution is 2.26. The van der Waals surface area contributed by atoms with E-state index in [1.165, 1.54) is 6.08 Å². The second-order valence-corrected chi connectivity index (χ2v) is 2.73. The number of rotatable bonds is 2. The Balaban J connectivity index is 4.22. The standard InChI is InChI=1S/C8H13F3/c1-4-6(2)5-7(3)8(9,10)11/h5-6H,4H2,1-3H3. The molecule has 1 atom stereocenters. The zero-order valence-electron chi connectivity index (χ0n) is 7.00. The zero-order chi connectivity index (χ0) is 9.07. The van der Waals surface area contributed by atoms with Gasteiger partial charge in [0.1, 0.15) is 0 Å². The quantitative estimate of drug-likeness (QED) is 0.550. The molecule has 0 aliphatic rings. The monoisotopic (exact) mass is 166 g/mol. The Hall–Kier alpha value is -0.470. The van der Waals surface area contributed by atoms with E-state index in [9.17, 15) is 13.2 Å². The largest absolute Gasteiger partial charge is 0.412 e. The molecule has 0 rings (SSSR count). The van der Waals surface area contributed by atoms with Gasteiger partial charge in [0.05, 0.1) is 0 Å². The number of hydrogen-bond acceptors (Lipinski definition) is 0. The molecule has 0 aromatic heterocycles. The Morgan fingerprint density at radius 2 is 1.91 bits per heavy atom. The van der Waals surface area contributed by atoms with E-state index >= 15 is 0 Å². The van der Waals surface area contributed by atoms with Crippen LogP contribution in [0.2, 0.25) is 0 Å². The maximum atomic E-state index is 11.9. The van der Waals surface area contributed by atoms with E-state index in [4.69, 9.17) is 0 Å². The number of alkyl halides is 3. The van der Waals surface area contributed by atoms with E-state index in [1.807, 2.05) is 6.92 Å². The molecule has 0 heterocycles. The highest BCUT2D eigenvalue weighted by atomic mass is 19.4. The summed E-state index contributed by atoms with van der Waals surface area (Å²) < 4.78 is 35.6. The molecule has 0 nitrogen and oxygen atoms in total. The van der Waals surface area contributed by atoms with Crippen LogP contribution in [0.3, 0.4) is 0 Å². The third kappa shape index (κ3) is 4.06. The van der Waals surface area contributed by atoms with Gasteiger partial charge in [-0.2, -0.15) is 13.2 Å². The number of hydrogen-bond donors (Lipinski definition) is 0. The molecule has 0 saturated carbocycles. The van der Waals surface area contributed by atoms with Gasteiger partial charge in [-0.3, -0.25) is 0 Å². The predicted molar refractivity (Wildman–Crippen MR) is 39.3 cm³/mol. The molecule has 0 amide bonds. The highest BCUT2D eigenvalue weighted by Gasteiger charge is 2.29. The first kappa shape index (κ1) is 10.5. The lowest BCUT2D eigenvalue weighted by Crippen LogP contribution is -2.09. The summed E-state index contributed by atoms with van der Waals surface area (Å²) in [4.78, 5) is 0. The van der Waals surface area contributed by atoms with E-state index in [0.29, 0.717) is 0 Å². The van der Waals surface area contributed by atoms with Gasteiger partial charge < -0.3 is 0 Å². The first-order chi connectivity index (χ1) is 4.88. The predicted octanol–water partition coefficient (Wildman–Crippen LogP) is 3.54. The fourth-order valence-electron chi connectivity index (χ4n) is 0.639. The molecular weight excluding hydrogens is 153 g/mol. The minimum absolute atomic E-state index is 0.0108. The van der Waals surface area contributed by atoms with Crippen LogP contribution in [0, 0.1) is 5.92 Å². The van der Waals surface area contributed by atoms with E-state index in [-0.39, 0.29) is 5.92 Å². The van der Waals surface area contributed by atoms with Gasteiger partial charge in [-0.25, -0.2) is 0 Å². The van der Waals surface area contributed by atoms with E-state index in [1.54, 1.807) is 6.92 Å². The summed E-state index contributed by atoms with van der Waals surface area (Å²) >= 11 is 0. The molecule has 66 valence electrons. The number of allylic oxidation sites excluding steroid dienone is 2. The fraction of sp³-hybridized carbons (Fsp3) is 0.750. The molecule has 0 aromatic rings. The second kappa shape index (κ2) is 3.79. The topological polar surface area (TPSA) is 0 Å². The molecule has 0 N–H and O–H groups in total. The van der Waals surface area contributed by atoms with Crippen molar-refractivity contribution in [2.24, 2.45) is 5.92 Å². The van der Waals surface area contributed by atoms with Crippen molar-refractivity contribution in [3.8, 4) is 0 Å². The van der Waals surface area contributed by atoms with Gasteiger partial charge in [-0.15, -0.1) is 0 Å². The van der Waals surface area contributed by atoms with Crippen LogP contribution in [0.4, 0.5) is 13.2 Å². The Labute approximate surface area is 65.1 Å². The van der Waals surface area contributed by atoms with Crippen LogP contribution >= 0.6 is 0 Å². The first-order valence-corrected chi connectivity index (χ1v) is 3.63. The van der Waals surface area contributed by atoms with Gasteiger partial charge >= 0.3 is 6.18 Å². The molecule has 0 aromatic carbocycles. The van der Waals surface area contributed by atoms with Crippen molar-refractivity contribution in [1.82, 2.24) is 0 Å². The third-order valence-electron chi connectivity index (χ3n) is 1.63. The molecule has 0 aliphatic carbocycles. The van der Waals surface area contributed by atoms with Crippen LogP contribution in [-0.2, 0) is 0 Å². The molecule has 3 heteroatoms. The van der Waals surface area contributed by atoms with E-state index < -0.39 is 11.7 Å². The van der Waals surface area contributed by atoms with Crippen LogP contribution in [0.15, 0.2) is 11.6 Å². The Morgan fingerprint density at radius 3 is 2.18 bits per heavy atom. The van der Waals surface area contributed by atoms with Gasteiger partial charge in [0.15, 0.2) is 0 Å². The summed E-state index contributed by atoms with van der Waals surface area (Å²) in [5.41, 5.74) is -0.494. The highest BCUT2D eigenvalue weighted by molar-refractivity contribution is 5.06. The Morgan fingerprint density at radius 1 is 1.45 bits per heavy atom. The van der Waals surface area contributed by atoms with Gasteiger partial charge in [0.2, 0.25) is 0 Å². The molecule has 0 spiro atoms. The van der Waals surface area contributed by atoms with Gasteiger partial charge in [0, 0.05) is 5.57 Å². The zero-order valence-corrected chi connectivity index (χ0v) is 7.00. The second-order valence-electron chi connectivity index (χ2n) is 2.73. The minimum atomic E-state index is -4.15. The molecular formula is C8H13F3. The molecule has 0 bridgehead atoms. The van der Waals surface area contributed by atoms with Crippen molar-refractivity contribution >= 4 is 0 Å². The smallest absolute Gasteiger partial charge is 0.167 e. The lowest BCUT2D eigenvalue weighted by Gasteiger charge is -2.08. The summed E-state index contributed by atoms with van der Waals surface area (Å²) in [6, 6.07) is 0. The third-order valence-corrected chi connectivity index (χ3v) is 1.63. The van der Waals surface area contributed by atoms with Crippen LogP contribution in [-0.4, -0.2) is 6.18 Å². The van der Waals surface area contributed by atoms with Crippen LogP contribution in [0.25, 0.3) is 0 Å². The first-order valence-electron chi connectivity index (χ1n) is 3.63. The molecule has 0 saturated heterocycles. The van der Waals surface area contributed by atoms with Gasteiger partial charge in [0.25, 0.3) is 0 Å². The van der Waals surface area contributed by atoms with Crippen molar-refractivity contribution in [2.75, 3.05) is 0 Å². The van der Waals surface area contributed by atoms with E-state index in [0.717, 1.165) is 13.3 Å². The van der Waals surface area contributed by atoms with Crippen LogP contribution in [0.5, 0.6) is 0 Å². The maximum Gasteiger partial charge on any atom is 0.412 e. The van der Waals surface area contributed by atoms with Crippen molar-refractivity contribution in [1.29, 1.82) is 0 Å². The molecule has 11 heavy (non-hydrogen) atoms. The van der Waals surface area contributed by atoms with Crippen LogP contribution in [0.1, 0.15) is 27.2 Å². The SMILES string of the molecule is CCC(C)C=C(C)C(F)(F)F. The summed E-state index contributed by atoms with van der Waals surface area (Å²) in [6.45, 7) is 4.74. The maximum absolute atomic E-state index is 11.9. The number of halogens is 3. The summed E-state index contributed by atoms with van der Waals surface area (Å²) in [5.74, 6) is 0.0108. The lowest BCUT2D eigenvalue weighted by molar-refractivity contribution is -0.0918. The van der Waals surface area contributed by atoms with Gasteiger partial charge in [-0.05, 0) is 12.8 Å². The summed E-state index contributed by atoms with van der Waals surface area (Å²) in [5, 5.41) is 0. The fourth-order valence-corrected chi connectivity index (χ4v) is 0.639. The van der Waals surface area contributed by atoms with Crippen molar-refractivity contribution < 1.29 is 13.2 Å².